The lowest BCUT2D eigenvalue weighted by molar-refractivity contribution is -0.123. The summed E-state index contributed by atoms with van der Waals surface area (Å²) in [7, 11) is 0. The lowest BCUT2D eigenvalue weighted by atomic mass is 10.1. The molecule has 0 rings (SSSR count). The highest BCUT2D eigenvalue weighted by Crippen LogP contribution is 2.00. The van der Waals surface area contributed by atoms with Gasteiger partial charge in [-0.2, -0.15) is 0 Å². The first-order valence-electron chi connectivity index (χ1n) is 5.10. The van der Waals surface area contributed by atoms with E-state index in [-0.39, 0.29) is 19.3 Å². The van der Waals surface area contributed by atoms with Crippen molar-refractivity contribution in [3.05, 3.63) is 0 Å². The minimum Gasteiger partial charge on any atom is -0.389 e. The molecule has 1 atom stereocenters. The molecular formula is C10H22N2O3. The van der Waals surface area contributed by atoms with Crippen molar-refractivity contribution in [3.8, 4) is 0 Å². The maximum Gasteiger partial charge on any atom is 0.237 e. The Morgan fingerprint density at radius 2 is 2.07 bits per heavy atom. The first kappa shape index (κ1) is 14.3. The maximum atomic E-state index is 10.9. The van der Waals surface area contributed by atoms with E-state index in [1.54, 1.807) is 13.8 Å². The van der Waals surface area contributed by atoms with Crippen molar-refractivity contribution < 1.29 is 14.6 Å². The molecule has 0 heterocycles. The standard InChI is InChI=1S/C10H22N2O3/c1-7(2)15-6-8(13)5-12-10(3,4)9(11)14/h7-8,12-13H,5-6H2,1-4H3,(H2,11,14). The average molecular weight is 218 g/mol. The number of aliphatic hydroxyl groups is 1. The number of aliphatic hydroxyl groups excluding tert-OH is 1. The molecule has 0 fully saturated rings. The fraction of sp³-hybridized carbons (Fsp3) is 0.900. The number of β-amino-alcohol motifs (C(OH)–C–C–N with tert-alkyl or cyclic N) is 1. The van der Waals surface area contributed by atoms with Crippen LogP contribution in [-0.2, 0) is 9.53 Å². The number of carbonyl (C=O) groups is 1. The van der Waals surface area contributed by atoms with Crippen LogP contribution in [0.25, 0.3) is 0 Å². The van der Waals surface area contributed by atoms with Crippen LogP contribution < -0.4 is 11.1 Å². The van der Waals surface area contributed by atoms with Crippen LogP contribution in [0.15, 0.2) is 0 Å². The molecule has 0 bridgehead atoms. The van der Waals surface area contributed by atoms with E-state index in [2.05, 4.69) is 5.32 Å². The normalized spacial score (nSPS) is 14.3. The van der Waals surface area contributed by atoms with E-state index in [9.17, 15) is 9.90 Å². The monoisotopic (exact) mass is 218 g/mol. The van der Waals surface area contributed by atoms with E-state index in [4.69, 9.17) is 10.5 Å². The number of hydrogen-bond donors (Lipinski definition) is 3. The molecule has 90 valence electrons. The second-order valence-corrected chi connectivity index (χ2v) is 4.41. The number of ether oxygens (including phenoxy) is 1. The summed E-state index contributed by atoms with van der Waals surface area (Å²) in [5, 5.41) is 12.4. The number of amides is 1. The molecule has 5 nitrogen and oxygen atoms in total. The Morgan fingerprint density at radius 1 is 1.53 bits per heavy atom. The van der Waals surface area contributed by atoms with Crippen molar-refractivity contribution in [2.45, 2.75) is 45.4 Å². The van der Waals surface area contributed by atoms with Crippen LogP contribution in [0, 0.1) is 0 Å². The number of nitrogens with one attached hydrogen (secondary N) is 1. The zero-order chi connectivity index (χ0) is 12.1. The number of hydrogen-bond acceptors (Lipinski definition) is 4. The van der Waals surface area contributed by atoms with Gasteiger partial charge in [0.05, 0.1) is 24.4 Å². The van der Waals surface area contributed by atoms with Gasteiger partial charge < -0.3 is 20.9 Å². The van der Waals surface area contributed by atoms with E-state index < -0.39 is 17.6 Å². The fourth-order valence-corrected chi connectivity index (χ4v) is 0.823. The first-order valence-corrected chi connectivity index (χ1v) is 5.10. The van der Waals surface area contributed by atoms with Gasteiger partial charge in [-0.1, -0.05) is 0 Å². The highest BCUT2D eigenvalue weighted by atomic mass is 16.5. The molecule has 0 aliphatic carbocycles. The predicted octanol–water partition coefficient (Wildman–Crippen LogP) is -0.374. The van der Waals surface area contributed by atoms with Gasteiger partial charge in [-0.05, 0) is 27.7 Å². The lowest BCUT2D eigenvalue weighted by Crippen LogP contribution is -2.53. The molecule has 5 heteroatoms. The molecule has 1 amide bonds. The predicted molar refractivity (Wildman–Crippen MR) is 58.4 cm³/mol. The molecule has 4 N–H and O–H groups in total. The van der Waals surface area contributed by atoms with Crippen LogP contribution in [0.4, 0.5) is 0 Å². The Hall–Kier alpha value is -0.650. The quantitative estimate of drug-likeness (QED) is 0.544. The van der Waals surface area contributed by atoms with E-state index in [1.165, 1.54) is 0 Å². The highest BCUT2D eigenvalue weighted by Gasteiger charge is 2.24. The Balaban J connectivity index is 3.80. The molecule has 0 aromatic heterocycles. The van der Waals surface area contributed by atoms with Gasteiger partial charge in [0.2, 0.25) is 5.91 Å². The van der Waals surface area contributed by atoms with Crippen molar-refractivity contribution in [1.29, 1.82) is 0 Å². The third kappa shape index (κ3) is 6.43. The molecule has 0 aliphatic rings. The van der Waals surface area contributed by atoms with Gasteiger partial charge in [0, 0.05) is 6.54 Å². The smallest absolute Gasteiger partial charge is 0.237 e. The van der Waals surface area contributed by atoms with Gasteiger partial charge in [-0.3, -0.25) is 4.79 Å². The van der Waals surface area contributed by atoms with Crippen LogP contribution in [-0.4, -0.2) is 41.9 Å². The van der Waals surface area contributed by atoms with Crippen LogP contribution in [0.5, 0.6) is 0 Å². The van der Waals surface area contributed by atoms with Gasteiger partial charge in [0.25, 0.3) is 0 Å². The van der Waals surface area contributed by atoms with E-state index in [1.807, 2.05) is 13.8 Å². The SMILES string of the molecule is CC(C)OCC(O)CNC(C)(C)C(N)=O. The Kier molecular flexibility index (Phi) is 5.79. The van der Waals surface area contributed by atoms with Crippen molar-refractivity contribution in [2.24, 2.45) is 5.73 Å². The van der Waals surface area contributed by atoms with Crippen LogP contribution >= 0.6 is 0 Å². The van der Waals surface area contributed by atoms with E-state index in [0.29, 0.717) is 0 Å². The summed E-state index contributed by atoms with van der Waals surface area (Å²) in [5.41, 5.74) is 4.36. The molecular weight excluding hydrogens is 196 g/mol. The number of nitrogens with two attached hydrogens (primary N) is 1. The Morgan fingerprint density at radius 3 is 2.47 bits per heavy atom. The largest absolute Gasteiger partial charge is 0.389 e. The summed E-state index contributed by atoms with van der Waals surface area (Å²) < 4.78 is 5.22. The summed E-state index contributed by atoms with van der Waals surface area (Å²) >= 11 is 0. The number of primary amides is 1. The Labute approximate surface area is 91.0 Å². The van der Waals surface area contributed by atoms with Crippen LogP contribution in [0.3, 0.4) is 0 Å². The molecule has 0 saturated carbocycles. The first-order chi connectivity index (χ1) is 6.75. The summed E-state index contributed by atoms with van der Waals surface area (Å²) in [6.07, 6.45) is -0.546. The molecule has 0 aromatic rings. The molecule has 0 aliphatic heterocycles. The van der Waals surface area contributed by atoms with E-state index in [0.717, 1.165) is 0 Å². The number of carbonyl (C=O) groups excluding carboxylic acids is 1. The molecule has 0 spiro atoms. The lowest BCUT2D eigenvalue weighted by Gasteiger charge is -2.24. The minimum absolute atomic E-state index is 0.0869. The topological polar surface area (TPSA) is 84.6 Å². The van der Waals surface area contributed by atoms with Crippen molar-refractivity contribution in [1.82, 2.24) is 5.32 Å². The summed E-state index contributed by atoms with van der Waals surface area (Å²) in [6.45, 7) is 7.67. The van der Waals surface area contributed by atoms with E-state index >= 15 is 0 Å². The zero-order valence-electron chi connectivity index (χ0n) is 9.91. The van der Waals surface area contributed by atoms with Gasteiger partial charge >= 0.3 is 0 Å². The fourth-order valence-electron chi connectivity index (χ4n) is 0.823. The molecule has 0 aromatic carbocycles. The van der Waals surface area contributed by atoms with Gasteiger partial charge in [0.1, 0.15) is 0 Å². The van der Waals surface area contributed by atoms with Crippen molar-refractivity contribution in [3.63, 3.8) is 0 Å². The highest BCUT2D eigenvalue weighted by molar-refractivity contribution is 5.83. The third-order valence-electron chi connectivity index (χ3n) is 2.02. The summed E-state index contributed by atoms with van der Waals surface area (Å²) in [4.78, 5) is 10.9. The zero-order valence-corrected chi connectivity index (χ0v) is 9.91. The number of rotatable bonds is 7. The van der Waals surface area contributed by atoms with Gasteiger partial charge in [0.15, 0.2) is 0 Å². The molecule has 15 heavy (non-hydrogen) atoms. The second kappa shape index (κ2) is 6.05. The average Bonchev–Trinajstić information content (AvgIpc) is 2.11. The molecule has 0 saturated heterocycles. The molecule has 1 unspecified atom stereocenters. The van der Waals surface area contributed by atoms with Crippen LogP contribution in [0.1, 0.15) is 27.7 Å². The maximum absolute atomic E-state index is 10.9. The summed E-state index contributed by atoms with van der Waals surface area (Å²) in [5.74, 6) is -0.445. The minimum atomic E-state index is -0.807. The van der Waals surface area contributed by atoms with Gasteiger partial charge in [-0.15, -0.1) is 0 Å². The molecule has 0 radical (unpaired) electrons. The van der Waals surface area contributed by atoms with Crippen molar-refractivity contribution >= 4 is 5.91 Å². The third-order valence-corrected chi connectivity index (χ3v) is 2.02. The second-order valence-electron chi connectivity index (χ2n) is 4.41. The van der Waals surface area contributed by atoms with Gasteiger partial charge in [-0.25, -0.2) is 0 Å². The Bertz CT molecular complexity index is 205. The summed E-state index contributed by atoms with van der Waals surface area (Å²) in [6, 6.07) is 0. The van der Waals surface area contributed by atoms with Crippen molar-refractivity contribution in [2.75, 3.05) is 13.2 Å². The van der Waals surface area contributed by atoms with Crippen LogP contribution in [0.2, 0.25) is 0 Å².